The predicted molar refractivity (Wildman–Crippen MR) is 93.9 cm³/mol. The maximum absolute atomic E-state index is 14.0. The lowest BCUT2D eigenvalue weighted by molar-refractivity contribution is -0.145. The summed E-state index contributed by atoms with van der Waals surface area (Å²) in [6.07, 6.45) is -0.399. The molecule has 0 bridgehead atoms. The van der Waals surface area contributed by atoms with Crippen LogP contribution in [0.5, 0.6) is 0 Å². The average molecular weight is 375 g/mol. The molecule has 1 aromatic rings. The van der Waals surface area contributed by atoms with Crippen LogP contribution in [0, 0.1) is 17.7 Å². The molecule has 0 aliphatic carbocycles. The summed E-state index contributed by atoms with van der Waals surface area (Å²) in [7, 11) is 0. The summed E-state index contributed by atoms with van der Waals surface area (Å²) in [6.45, 7) is 5.15. The number of benzene rings is 1. The summed E-state index contributed by atoms with van der Waals surface area (Å²) in [5, 5.41) is 16.0. The number of anilines is 1. The van der Waals surface area contributed by atoms with Crippen molar-refractivity contribution >= 4 is 23.4 Å². The van der Waals surface area contributed by atoms with Gasteiger partial charge in [-0.25, -0.2) is 4.39 Å². The summed E-state index contributed by atoms with van der Waals surface area (Å²) in [6, 6.07) is 2.77. The zero-order chi connectivity index (χ0) is 19.7. The number of nitrogens with one attached hydrogen (secondary N) is 2. The Labute approximate surface area is 155 Å². The van der Waals surface area contributed by atoms with Gasteiger partial charge in [-0.15, -0.1) is 0 Å². The summed E-state index contributed by atoms with van der Waals surface area (Å²) in [5.41, 5.74) is -0.863. The SMILES string of the molecule is CC[C@H](C)N1C(=O)[C@@H]2[C@H]([C@@H](C)O)N[C@@]3(C(=O)Nc4ccc(F)cc43)[C@@H]2C1=O. The van der Waals surface area contributed by atoms with Crippen LogP contribution in [-0.4, -0.2) is 45.9 Å². The van der Waals surface area contributed by atoms with E-state index in [1.807, 2.05) is 6.92 Å². The summed E-state index contributed by atoms with van der Waals surface area (Å²) in [5.74, 6) is -3.81. The van der Waals surface area contributed by atoms with Gasteiger partial charge in [0.25, 0.3) is 0 Å². The maximum atomic E-state index is 14.0. The monoisotopic (exact) mass is 375 g/mol. The molecule has 3 amide bonds. The number of hydrogen-bond donors (Lipinski definition) is 3. The van der Waals surface area contributed by atoms with Crippen LogP contribution in [0.2, 0.25) is 0 Å². The molecule has 8 heteroatoms. The van der Waals surface area contributed by atoms with Crippen molar-refractivity contribution in [2.24, 2.45) is 11.8 Å². The minimum absolute atomic E-state index is 0.304. The van der Waals surface area contributed by atoms with E-state index in [2.05, 4.69) is 10.6 Å². The largest absolute Gasteiger partial charge is 0.392 e. The third kappa shape index (κ3) is 2.17. The Morgan fingerprint density at radius 1 is 1.26 bits per heavy atom. The van der Waals surface area contributed by atoms with Gasteiger partial charge in [-0.3, -0.25) is 24.6 Å². The summed E-state index contributed by atoms with van der Waals surface area (Å²) in [4.78, 5) is 40.6. The molecule has 0 unspecified atom stereocenters. The van der Waals surface area contributed by atoms with Crippen LogP contribution in [0.3, 0.4) is 0 Å². The molecule has 0 aromatic heterocycles. The third-order valence-corrected chi connectivity index (χ3v) is 6.20. The lowest BCUT2D eigenvalue weighted by Gasteiger charge is -2.31. The average Bonchev–Trinajstić information content (AvgIpc) is 3.20. The summed E-state index contributed by atoms with van der Waals surface area (Å²) < 4.78 is 14.0. The molecule has 1 aromatic carbocycles. The number of likely N-dealkylation sites (tertiary alicyclic amines) is 1. The van der Waals surface area contributed by atoms with Gasteiger partial charge < -0.3 is 10.4 Å². The first-order valence-corrected chi connectivity index (χ1v) is 9.18. The van der Waals surface area contributed by atoms with Crippen molar-refractivity contribution in [1.82, 2.24) is 10.2 Å². The molecule has 1 spiro atoms. The van der Waals surface area contributed by atoms with Crippen LogP contribution in [0.4, 0.5) is 10.1 Å². The zero-order valence-electron chi connectivity index (χ0n) is 15.3. The Bertz CT molecular complexity index is 857. The van der Waals surface area contributed by atoms with Crippen LogP contribution in [0.1, 0.15) is 32.8 Å². The van der Waals surface area contributed by atoms with Crippen molar-refractivity contribution in [3.05, 3.63) is 29.6 Å². The Morgan fingerprint density at radius 3 is 2.59 bits per heavy atom. The number of amides is 3. The molecular formula is C19H22FN3O4. The fourth-order valence-corrected chi connectivity index (χ4v) is 4.76. The van der Waals surface area contributed by atoms with E-state index in [0.29, 0.717) is 17.7 Å². The highest BCUT2D eigenvalue weighted by Crippen LogP contribution is 2.53. The van der Waals surface area contributed by atoms with E-state index in [0.717, 1.165) is 0 Å². The molecule has 144 valence electrons. The van der Waals surface area contributed by atoms with E-state index < -0.39 is 53.1 Å². The Morgan fingerprint density at radius 2 is 1.96 bits per heavy atom. The van der Waals surface area contributed by atoms with Crippen LogP contribution in [0.25, 0.3) is 0 Å². The van der Waals surface area contributed by atoms with Gasteiger partial charge in [0.15, 0.2) is 0 Å². The molecule has 27 heavy (non-hydrogen) atoms. The molecule has 2 fully saturated rings. The van der Waals surface area contributed by atoms with Gasteiger partial charge in [-0.05, 0) is 38.5 Å². The first-order valence-electron chi connectivity index (χ1n) is 9.18. The van der Waals surface area contributed by atoms with Gasteiger partial charge in [0.2, 0.25) is 17.7 Å². The molecule has 3 heterocycles. The van der Waals surface area contributed by atoms with Crippen molar-refractivity contribution < 1.29 is 23.9 Å². The van der Waals surface area contributed by atoms with E-state index in [9.17, 15) is 23.9 Å². The number of rotatable bonds is 3. The second-order valence-corrected chi connectivity index (χ2v) is 7.67. The summed E-state index contributed by atoms with van der Waals surface area (Å²) >= 11 is 0. The quantitative estimate of drug-likeness (QED) is 0.677. The highest BCUT2D eigenvalue weighted by Gasteiger charge is 2.71. The number of nitrogens with zero attached hydrogens (tertiary/aromatic N) is 1. The molecule has 7 nitrogen and oxygen atoms in total. The standard InChI is InChI=1S/C19H22FN3O4/c1-4-8(2)23-16(25)13-14(17(23)26)19(22-15(13)9(3)24)11-7-10(20)5-6-12(11)21-18(19)27/h5-9,13-15,22,24H,4H2,1-3H3,(H,21,27)/t8-,9+,13-,14-,15-,19+/m0/s1. The molecule has 4 rings (SSSR count). The Hall–Kier alpha value is -2.32. The minimum atomic E-state index is -1.57. The van der Waals surface area contributed by atoms with E-state index in [4.69, 9.17) is 0 Å². The van der Waals surface area contributed by atoms with Gasteiger partial charge in [-0.2, -0.15) is 0 Å². The van der Waals surface area contributed by atoms with Gasteiger partial charge in [0.05, 0.1) is 17.9 Å². The number of aliphatic hydroxyl groups is 1. The van der Waals surface area contributed by atoms with E-state index in [1.165, 1.54) is 30.0 Å². The molecule has 3 aliphatic rings. The van der Waals surface area contributed by atoms with Crippen molar-refractivity contribution in [3.63, 3.8) is 0 Å². The number of aliphatic hydroxyl groups excluding tert-OH is 1. The van der Waals surface area contributed by atoms with Crippen molar-refractivity contribution in [1.29, 1.82) is 0 Å². The number of imide groups is 1. The first-order chi connectivity index (χ1) is 12.7. The molecule has 3 N–H and O–H groups in total. The normalized spacial score (nSPS) is 34.0. The Balaban J connectivity index is 1.92. The molecule has 3 aliphatic heterocycles. The van der Waals surface area contributed by atoms with E-state index in [-0.39, 0.29) is 6.04 Å². The van der Waals surface area contributed by atoms with Gasteiger partial charge in [0, 0.05) is 23.3 Å². The fourth-order valence-electron chi connectivity index (χ4n) is 4.76. The highest BCUT2D eigenvalue weighted by atomic mass is 19.1. The highest BCUT2D eigenvalue weighted by molar-refractivity contribution is 6.15. The van der Waals surface area contributed by atoms with Gasteiger partial charge >= 0.3 is 0 Å². The lowest BCUT2D eigenvalue weighted by Crippen LogP contribution is -2.55. The lowest BCUT2D eigenvalue weighted by atomic mass is 9.76. The van der Waals surface area contributed by atoms with Crippen LogP contribution in [-0.2, 0) is 19.9 Å². The third-order valence-electron chi connectivity index (χ3n) is 6.20. The second kappa shape index (κ2) is 5.84. The molecule has 0 saturated carbocycles. The number of carbonyl (C=O) groups excluding carboxylic acids is 3. The van der Waals surface area contributed by atoms with Gasteiger partial charge in [-0.1, -0.05) is 6.92 Å². The van der Waals surface area contributed by atoms with Crippen molar-refractivity contribution in [2.75, 3.05) is 5.32 Å². The van der Waals surface area contributed by atoms with Crippen molar-refractivity contribution in [2.45, 2.75) is 50.9 Å². The first kappa shape index (κ1) is 18.1. The maximum Gasteiger partial charge on any atom is 0.250 e. The van der Waals surface area contributed by atoms with E-state index >= 15 is 0 Å². The molecule has 2 saturated heterocycles. The second-order valence-electron chi connectivity index (χ2n) is 7.67. The molecule has 0 radical (unpaired) electrons. The van der Waals surface area contributed by atoms with Crippen molar-refractivity contribution in [3.8, 4) is 0 Å². The van der Waals surface area contributed by atoms with Gasteiger partial charge in [0.1, 0.15) is 11.4 Å². The van der Waals surface area contributed by atoms with Crippen LogP contribution >= 0.6 is 0 Å². The predicted octanol–water partition coefficient (Wildman–Crippen LogP) is 0.725. The number of carbonyl (C=O) groups is 3. The van der Waals surface area contributed by atoms with Crippen LogP contribution in [0.15, 0.2) is 18.2 Å². The molecular weight excluding hydrogens is 353 g/mol. The minimum Gasteiger partial charge on any atom is -0.392 e. The van der Waals surface area contributed by atoms with E-state index in [1.54, 1.807) is 6.92 Å². The van der Waals surface area contributed by atoms with Crippen LogP contribution < -0.4 is 10.6 Å². The number of fused-ring (bicyclic) bond motifs is 4. The smallest absolute Gasteiger partial charge is 0.250 e. The number of halogens is 1. The number of hydrogen-bond acceptors (Lipinski definition) is 5. The fraction of sp³-hybridized carbons (Fsp3) is 0.526. The zero-order valence-corrected chi connectivity index (χ0v) is 15.3. The molecule has 6 atom stereocenters. The topological polar surface area (TPSA) is 98.7 Å². The Kier molecular flexibility index (Phi) is 3.91.